The van der Waals surface area contributed by atoms with E-state index in [9.17, 15) is 14.4 Å². The van der Waals surface area contributed by atoms with Crippen LogP contribution in [0.4, 0.5) is 4.79 Å². The number of pyridine rings is 1. The molecule has 9 heteroatoms. The van der Waals surface area contributed by atoms with E-state index in [-0.39, 0.29) is 24.1 Å². The maximum absolute atomic E-state index is 12.6. The molecule has 1 N–H and O–H groups in total. The zero-order chi connectivity index (χ0) is 21.7. The number of halogens is 2. The molecule has 0 unspecified atom stereocenters. The Morgan fingerprint density at radius 3 is 2.63 bits per heavy atom. The molecule has 1 aromatic carbocycles. The summed E-state index contributed by atoms with van der Waals surface area (Å²) in [5.74, 6) is -1.20. The third-order valence-corrected chi connectivity index (χ3v) is 6.06. The van der Waals surface area contributed by atoms with Crippen LogP contribution in [0.5, 0.6) is 0 Å². The molecule has 1 aromatic heterocycles. The van der Waals surface area contributed by atoms with Crippen LogP contribution in [0.2, 0.25) is 10.0 Å². The number of aromatic nitrogens is 1. The Bertz CT molecular complexity index is 1030. The molecule has 0 saturated carbocycles. The molecule has 0 spiro atoms. The van der Waals surface area contributed by atoms with E-state index < -0.39 is 5.97 Å². The van der Waals surface area contributed by atoms with Crippen LogP contribution in [0.15, 0.2) is 41.3 Å². The maximum atomic E-state index is 12.6. The number of rotatable bonds is 8. The minimum Gasteiger partial charge on any atom is -0.481 e. The van der Waals surface area contributed by atoms with Gasteiger partial charge in [-0.25, -0.2) is 4.98 Å². The summed E-state index contributed by atoms with van der Waals surface area (Å²) in [6, 6.07) is 10.6. The van der Waals surface area contributed by atoms with Crippen molar-refractivity contribution in [3.05, 3.63) is 57.0 Å². The first-order chi connectivity index (χ1) is 14.3. The van der Waals surface area contributed by atoms with E-state index in [0.717, 1.165) is 17.3 Å². The second-order valence-corrected chi connectivity index (χ2v) is 8.42. The molecule has 30 heavy (non-hydrogen) atoms. The molecule has 1 fully saturated rings. The van der Waals surface area contributed by atoms with Crippen LogP contribution < -0.4 is 0 Å². The fraction of sp³-hybridized carbons (Fsp3) is 0.238. The number of hydrogen-bond acceptors (Lipinski definition) is 5. The molecule has 3 rings (SSSR count). The number of benzene rings is 1. The number of hydrogen-bond donors (Lipinski definition) is 1. The lowest BCUT2D eigenvalue weighted by molar-refractivity contribution is -0.137. The number of aliphatic carboxylic acids is 1. The van der Waals surface area contributed by atoms with Crippen LogP contribution >= 0.6 is 35.0 Å². The summed E-state index contributed by atoms with van der Waals surface area (Å²) in [6.45, 7) is 0.276. The Morgan fingerprint density at radius 2 is 1.90 bits per heavy atom. The van der Waals surface area contributed by atoms with E-state index in [0.29, 0.717) is 45.6 Å². The topological polar surface area (TPSA) is 87.6 Å². The summed E-state index contributed by atoms with van der Waals surface area (Å²) < 4.78 is 0. The predicted molar refractivity (Wildman–Crippen MR) is 118 cm³/mol. The van der Waals surface area contributed by atoms with Crippen molar-refractivity contribution in [2.24, 2.45) is 0 Å². The van der Waals surface area contributed by atoms with Crippen molar-refractivity contribution in [2.75, 3.05) is 6.54 Å². The van der Waals surface area contributed by atoms with Crippen molar-refractivity contribution >= 4 is 58.2 Å². The van der Waals surface area contributed by atoms with E-state index in [2.05, 4.69) is 4.98 Å². The van der Waals surface area contributed by atoms with Gasteiger partial charge in [0.15, 0.2) is 0 Å². The molecule has 0 radical (unpaired) electrons. The Kier molecular flexibility index (Phi) is 7.53. The highest BCUT2D eigenvalue weighted by atomic mass is 35.5. The van der Waals surface area contributed by atoms with Gasteiger partial charge < -0.3 is 5.11 Å². The number of carboxylic acid groups (broad SMARTS) is 1. The monoisotopic (exact) mass is 464 g/mol. The number of nitrogens with zero attached hydrogens (tertiary/aromatic N) is 2. The second-order valence-electron chi connectivity index (χ2n) is 6.61. The van der Waals surface area contributed by atoms with E-state index in [1.54, 1.807) is 30.3 Å². The van der Waals surface area contributed by atoms with Crippen molar-refractivity contribution in [3.63, 3.8) is 0 Å². The zero-order valence-corrected chi connectivity index (χ0v) is 18.1. The molecule has 0 bridgehead atoms. The van der Waals surface area contributed by atoms with Gasteiger partial charge in [0.1, 0.15) is 0 Å². The fourth-order valence-electron chi connectivity index (χ4n) is 2.90. The number of imide groups is 1. The summed E-state index contributed by atoms with van der Waals surface area (Å²) >= 11 is 12.9. The molecule has 2 heterocycles. The van der Waals surface area contributed by atoms with Crippen LogP contribution in [-0.4, -0.2) is 38.7 Å². The Balaban J connectivity index is 1.69. The summed E-state index contributed by atoms with van der Waals surface area (Å²) in [4.78, 5) is 41.4. The van der Waals surface area contributed by atoms with Crippen LogP contribution in [0.3, 0.4) is 0 Å². The first-order valence-corrected chi connectivity index (χ1v) is 10.8. The van der Waals surface area contributed by atoms with Gasteiger partial charge in [0.05, 0.1) is 26.3 Å². The maximum Gasteiger partial charge on any atom is 0.303 e. The normalized spacial score (nSPS) is 15.3. The molecule has 0 aliphatic carbocycles. The van der Waals surface area contributed by atoms with Crippen molar-refractivity contribution < 1.29 is 19.5 Å². The molecular weight excluding hydrogens is 447 g/mol. The Morgan fingerprint density at radius 1 is 1.10 bits per heavy atom. The summed E-state index contributed by atoms with van der Waals surface area (Å²) in [5, 5.41) is 9.20. The van der Waals surface area contributed by atoms with Gasteiger partial charge in [0.25, 0.3) is 11.1 Å². The van der Waals surface area contributed by atoms with Gasteiger partial charge in [-0.1, -0.05) is 41.8 Å². The summed E-state index contributed by atoms with van der Waals surface area (Å²) in [7, 11) is 0. The van der Waals surface area contributed by atoms with Crippen molar-refractivity contribution in [1.29, 1.82) is 0 Å². The largest absolute Gasteiger partial charge is 0.481 e. The van der Waals surface area contributed by atoms with Crippen LogP contribution in [0.1, 0.15) is 31.4 Å². The van der Waals surface area contributed by atoms with Crippen LogP contribution in [-0.2, 0) is 9.59 Å². The number of thioether (sulfide) groups is 1. The Hall–Kier alpha value is -2.35. The lowest BCUT2D eigenvalue weighted by atomic mass is 10.1. The highest BCUT2D eigenvalue weighted by molar-refractivity contribution is 8.18. The van der Waals surface area contributed by atoms with Gasteiger partial charge in [0, 0.05) is 18.5 Å². The molecule has 1 saturated heterocycles. The molecule has 2 aromatic rings. The van der Waals surface area contributed by atoms with Gasteiger partial charge in [-0.05, 0) is 54.9 Å². The number of unbranched alkanes of at least 4 members (excludes halogenated alkanes) is 2. The first-order valence-electron chi connectivity index (χ1n) is 9.25. The van der Waals surface area contributed by atoms with Crippen molar-refractivity contribution in [2.45, 2.75) is 25.7 Å². The van der Waals surface area contributed by atoms with E-state index in [1.807, 2.05) is 12.1 Å². The predicted octanol–water partition coefficient (Wildman–Crippen LogP) is 5.74. The number of carboxylic acids is 1. The second kappa shape index (κ2) is 10.1. The summed E-state index contributed by atoms with van der Waals surface area (Å²) in [5.41, 5.74) is 2.00. The highest BCUT2D eigenvalue weighted by Crippen LogP contribution is 2.33. The molecule has 1 aliphatic rings. The number of carbonyl (C=O) groups excluding carboxylic acids is 2. The molecular formula is C21H18Cl2N2O4S. The van der Waals surface area contributed by atoms with Gasteiger partial charge >= 0.3 is 5.97 Å². The highest BCUT2D eigenvalue weighted by Gasteiger charge is 2.34. The lowest BCUT2D eigenvalue weighted by Crippen LogP contribution is -2.29. The van der Waals surface area contributed by atoms with Crippen LogP contribution in [0.25, 0.3) is 17.3 Å². The lowest BCUT2D eigenvalue weighted by Gasteiger charge is -2.11. The van der Waals surface area contributed by atoms with Gasteiger partial charge in [-0.2, -0.15) is 0 Å². The van der Waals surface area contributed by atoms with E-state index >= 15 is 0 Å². The standard InChI is InChI=1S/C21H18Cl2N2O4S/c22-15-9-8-13(11-16(15)23)17-6-4-5-14(24-17)12-18-20(28)25(21(29)30-18)10-3-1-2-7-19(26)27/h4-6,8-9,11-12H,1-3,7,10H2,(H,26,27). The van der Waals surface area contributed by atoms with E-state index in [1.165, 1.54) is 4.90 Å². The molecule has 156 valence electrons. The van der Waals surface area contributed by atoms with Crippen LogP contribution in [0, 0.1) is 0 Å². The quantitative estimate of drug-likeness (QED) is 0.395. The van der Waals surface area contributed by atoms with Gasteiger partial charge in [0.2, 0.25) is 0 Å². The Labute approximate surface area is 187 Å². The summed E-state index contributed by atoms with van der Waals surface area (Å²) in [6.07, 6.45) is 3.41. The molecule has 0 atom stereocenters. The minimum absolute atomic E-state index is 0.0859. The smallest absolute Gasteiger partial charge is 0.303 e. The van der Waals surface area contributed by atoms with Crippen molar-refractivity contribution in [1.82, 2.24) is 9.88 Å². The third kappa shape index (κ3) is 5.62. The average molecular weight is 465 g/mol. The average Bonchev–Trinajstić information content (AvgIpc) is 2.97. The SMILES string of the molecule is O=C(O)CCCCCN1C(=O)SC(=Cc2cccc(-c3ccc(Cl)c(Cl)c3)n2)C1=O. The van der Waals surface area contributed by atoms with Gasteiger partial charge in [-0.3, -0.25) is 19.3 Å². The third-order valence-electron chi connectivity index (χ3n) is 4.41. The minimum atomic E-state index is -0.847. The van der Waals surface area contributed by atoms with E-state index in [4.69, 9.17) is 28.3 Å². The zero-order valence-electron chi connectivity index (χ0n) is 15.8. The first kappa shape index (κ1) is 22.3. The van der Waals surface area contributed by atoms with Crippen molar-refractivity contribution in [3.8, 4) is 11.3 Å². The molecule has 1 aliphatic heterocycles. The fourth-order valence-corrected chi connectivity index (χ4v) is 4.05. The van der Waals surface area contributed by atoms with Gasteiger partial charge in [-0.15, -0.1) is 0 Å². The number of carbonyl (C=O) groups is 3. The number of amides is 2. The molecule has 6 nitrogen and oxygen atoms in total. The molecule has 2 amide bonds.